The second-order valence-corrected chi connectivity index (χ2v) is 6.51. The molecule has 3 nitrogen and oxygen atoms in total. The van der Waals surface area contributed by atoms with Gasteiger partial charge in [-0.05, 0) is 74.4 Å². The first kappa shape index (κ1) is 19.6. The lowest BCUT2D eigenvalue weighted by atomic mass is 9.81. The third-order valence-corrected chi connectivity index (χ3v) is 4.59. The minimum atomic E-state index is -0.562. The zero-order chi connectivity index (χ0) is 17.2. The second-order valence-electron chi connectivity index (χ2n) is 6.51. The van der Waals surface area contributed by atoms with Gasteiger partial charge in [-0.15, -0.1) is 17.0 Å². The molecule has 1 aliphatic heterocycles. The van der Waals surface area contributed by atoms with E-state index in [0.717, 1.165) is 36.1 Å². The Balaban J connectivity index is 0.00000225. The van der Waals surface area contributed by atoms with Gasteiger partial charge in [0.05, 0.1) is 18.2 Å². The molecule has 2 aromatic carbocycles. The van der Waals surface area contributed by atoms with E-state index in [1.54, 1.807) is 12.1 Å². The van der Waals surface area contributed by atoms with Crippen molar-refractivity contribution >= 4 is 17.0 Å². The number of ether oxygens (including phenoxy) is 1. The first-order valence-electron chi connectivity index (χ1n) is 8.13. The number of benzene rings is 2. The minimum Gasteiger partial charge on any atom is -0.361 e. The highest BCUT2D eigenvalue weighted by Gasteiger charge is 2.41. The molecule has 2 aromatic rings. The summed E-state index contributed by atoms with van der Waals surface area (Å²) in [6, 6.07) is 14.5. The topological polar surface area (TPSA) is 36.3 Å². The summed E-state index contributed by atoms with van der Waals surface area (Å²) >= 11 is 0. The molecule has 0 N–H and O–H groups in total. The molecule has 1 heterocycles. The standard InChI is InChI=1S/C20H21FN2O.BrH/c1-23(2)11-3-10-20(17-5-7-18(21)8-6-17)19-9-4-15(13-22)12-16(19)14-24-20;/h4-9,12H,3,10-11,14H2,1-2H3;1H/t20-;/m1./s1. The zero-order valence-electron chi connectivity index (χ0n) is 14.5. The number of fused-ring (bicyclic) bond motifs is 1. The van der Waals surface area contributed by atoms with E-state index in [-0.39, 0.29) is 22.8 Å². The van der Waals surface area contributed by atoms with Crippen molar-refractivity contribution in [3.8, 4) is 6.07 Å². The summed E-state index contributed by atoms with van der Waals surface area (Å²) in [4.78, 5) is 2.15. The summed E-state index contributed by atoms with van der Waals surface area (Å²) in [7, 11) is 4.10. The summed E-state index contributed by atoms with van der Waals surface area (Å²) in [6.45, 7) is 1.43. The summed E-state index contributed by atoms with van der Waals surface area (Å²) in [5.41, 5.74) is 3.18. The maximum Gasteiger partial charge on any atom is 0.123 e. The van der Waals surface area contributed by atoms with E-state index in [1.807, 2.05) is 32.3 Å². The average molecular weight is 405 g/mol. The molecule has 0 aliphatic carbocycles. The Labute approximate surface area is 158 Å². The first-order valence-corrected chi connectivity index (χ1v) is 8.13. The average Bonchev–Trinajstić information content (AvgIpc) is 2.94. The SMILES string of the molecule is Br.CN(C)CCC[C@]1(c2ccc(F)cc2)OCc2cc(C#N)ccc21. The largest absolute Gasteiger partial charge is 0.361 e. The van der Waals surface area contributed by atoms with Gasteiger partial charge in [0.2, 0.25) is 0 Å². The van der Waals surface area contributed by atoms with Crippen LogP contribution >= 0.6 is 17.0 Å². The van der Waals surface area contributed by atoms with Crippen LogP contribution in [0.2, 0.25) is 0 Å². The van der Waals surface area contributed by atoms with Gasteiger partial charge in [0.15, 0.2) is 0 Å². The Bertz CT molecular complexity index is 770. The number of rotatable bonds is 5. The van der Waals surface area contributed by atoms with Gasteiger partial charge in [-0.3, -0.25) is 0 Å². The van der Waals surface area contributed by atoms with Gasteiger partial charge in [-0.2, -0.15) is 5.26 Å². The van der Waals surface area contributed by atoms with Crippen LogP contribution in [0, 0.1) is 17.1 Å². The third-order valence-electron chi connectivity index (χ3n) is 4.59. The van der Waals surface area contributed by atoms with Crippen LogP contribution in [-0.2, 0) is 16.9 Å². The third kappa shape index (κ3) is 3.92. The van der Waals surface area contributed by atoms with Crippen LogP contribution in [0.15, 0.2) is 42.5 Å². The molecule has 0 bridgehead atoms. The van der Waals surface area contributed by atoms with Crippen molar-refractivity contribution in [2.24, 2.45) is 0 Å². The fourth-order valence-corrected chi connectivity index (χ4v) is 3.41. The quantitative estimate of drug-likeness (QED) is 0.741. The maximum atomic E-state index is 13.4. The molecule has 0 amide bonds. The van der Waals surface area contributed by atoms with Gasteiger partial charge < -0.3 is 9.64 Å². The van der Waals surface area contributed by atoms with Crippen molar-refractivity contribution in [2.75, 3.05) is 20.6 Å². The fourth-order valence-electron chi connectivity index (χ4n) is 3.41. The lowest BCUT2D eigenvalue weighted by Crippen LogP contribution is -2.28. The number of hydrogen-bond donors (Lipinski definition) is 0. The van der Waals surface area contributed by atoms with E-state index >= 15 is 0 Å². The number of hydrogen-bond acceptors (Lipinski definition) is 3. The molecule has 0 fully saturated rings. The van der Waals surface area contributed by atoms with Crippen molar-refractivity contribution in [2.45, 2.75) is 25.0 Å². The number of nitrogens with zero attached hydrogens (tertiary/aromatic N) is 2. The van der Waals surface area contributed by atoms with Crippen molar-refractivity contribution < 1.29 is 9.13 Å². The van der Waals surface area contributed by atoms with Crippen molar-refractivity contribution in [3.63, 3.8) is 0 Å². The van der Waals surface area contributed by atoms with Gasteiger partial charge in [0.25, 0.3) is 0 Å². The smallest absolute Gasteiger partial charge is 0.123 e. The van der Waals surface area contributed by atoms with E-state index in [0.29, 0.717) is 12.2 Å². The first-order chi connectivity index (χ1) is 11.5. The molecule has 0 saturated carbocycles. The Morgan fingerprint density at radius 2 is 1.92 bits per heavy atom. The van der Waals surface area contributed by atoms with Crippen LogP contribution in [0.25, 0.3) is 0 Å². The Kier molecular flexibility index (Phi) is 6.34. The molecular weight excluding hydrogens is 383 g/mol. The van der Waals surface area contributed by atoms with Gasteiger partial charge in [-0.1, -0.05) is 18.2 Å². The van der Waals surface area contributed by atoms with Crippen molar-refractivity contribution in [3.05, 3.63) is 70.5 Å². The van der Waals surface area contributed by atoms with E-state index in [9.17, 15) is 4.39 Å². The highest BCUT2D eigenvalue weighted by atomic mass is 79.9. The monoisotopic (exact) mass is 404 g/mol. The van der Waals surface area contributed by atoms with Gasteiger partial charge in [0.1, 0.15) is 11.4 Å². The van der Waals surface area contributed by atoms with Crippen LogP contribution in [-0.4, -0.2) is 25.5 Å². The van der Waals surface area contributed by atoms with Crippen molar-refractivity contribution in [1.82, 2.24) is 4.90 Å². The van der Waals surface area contributed by atoms with E-state index in [4.69, 9.17) is 10.00 Å². The zero-order valence-corrected chi connectivity index (χ0v) is 16.2. The maximum absolute atomic E-state index is 13.4. The van der Waals surface area contributed by atoms with E-state index in [2.05, 4.69) is 11.0 Å². The molecule has 132 valence electrons. The van der Waals surface area contributed by atoms with E-state index in [1.165, 1.54) is 12.1 Å². The Morgan fingerprint density at radius 3 is 2.56 bits per heavy atom. The molecule has 0 aromatic heterocycles. The lowest BCUT2D eigenvalue weighted by molar-refractivity contribution is -0.0140. The lowest BCUT2D eigenvalue weighted by Gasteiger charge is -2.31. The van der Waals surface area contributed by atoms with Crippen molar-refractivity contribution in [1.29, 1.82) is 5.26 Å². The molecule has 5 heteroatoms. The van der Waals surface area contributed by atoms with Gasteiger partial charge >= 0.3 is 0 Å². The molecule has 3 rings (SSSR count). The number of halogens is 2. The Morgan fingerprint density at radius 1 is 1.20 bits per heavy atom. The minimum absolute atomic E-state index is 0. The highest BCUT2D eigenvalue weighted by molar-refractivity contribution is 8.93. The van der Waals surface area contributed by atoms with Crippen LogP contribution in [0.1, 0.15) is 35.1 Å². The number of nitriles is 1. The fraction of sp³-hybridized carbons (Fsp3) is 0.350. The van der Waals surface area contributed by atoms with Crippen LogP contribution in [0.4, 0.5) is 4.39 Å². The molecule has 1 aliphatic rings. The predicted octanol–water partition coefficient (Wildman–Crippen LogP) is 4.39. The Hall–Kier alpha value is -1.74. The van der Waals surface area contributed by atoms with Crippen LogP contribution in [0.3, 0.4) is 0 Å². The summed E-state index contributed by atoms with van der Waals surface area (Å²) < 4.78 is 19.6. The highest BCUT2D eigenvalue weighted by Crippen LogP contribution is 2.45. The summed E-state index contributed by atoms with van der Waals surface area (Å²) in [5.74, 6) is -0.250. The molecule has 0 spiro atoms. The molecule has 0 unspecified atom stereocenters. The molecular formula is C20H22BrFN2O. The molecule has 1 atom stereocenters. The molecule has 0 saturated heterocycles. The van der Waals surface area contributed by atoms with Gasteiger partial charge in [0, 0.05) is 0 Å². The molecule has 0 radical (unpaired) electrons. The van der Waals surface area contributed by atoms with Crippen LogP contribution < -0.4 is 0 Å². The van der Waals surface area contributed by atoms with Crippen LogP contribution in [0.5, 0.6) is 0 Å². The van der Waals surface area contributed by atoms with Gasteiger partial charge in [-0.25, -0.2) is 4.39 Å². The predicted molar refractivity (Wildman–Crippen MR) is 101 cm³/mol. The second kappa shape index (κ2) is 8.09. The molecule has 25 heavy (non-hydrogen) atoms. The summed E-state index contributed by atoms with van der Waals surface area (Å²) in [5, 5.41) is 9.11. The normalized spacial score (nSPS) is 18.5. The van der Waals surface area contributed by atoms with E-state index < -0.39 is 5.60 Å². The summed E-state index contributed by atoms with van der Waals surface area (Å²) in [6.07, 6.45) is 1.78.